The summed E-state index contributed by atoms with van der Waals surface area (Å²) in [6.45, 7) is 1.95. The van der Waals surface area contributed by atoms with Gasteiger partial charge in [-0.1, -0.05) is 35.1 Å². The van der Waals surface area contributed by atoms with Crippen LogP contribution >= 0.6 is 22.6 Å². The Morgan fingerprint density at radius 2 is 2.00 bits per heavy atom. The van der Waals surface area contributed by atoms with Crippen molar-refractivity contribution in [1.29, 1.82) is 0 Å². The third kappa shape index (κ3) is 4.19. The molecule has 0 heterocycles. The largest absolute Gasteiger partial charge is 0.352 e. The normalized spacial score (nSPS) is 10.4. The SMILES string of the molecule is Cc1ccc(F)c(C(=O)NCCCCCI)c1F. The number of unbranched alkanes of at least 4 members (excludes halogenated alkanes) is 2. The van der Waals surface area contributed by atoms with Crippen molar-refractivity contribution in [2.75, 3.05) is 11.0 Å². The molecule has 5 heteroatoms. The molecule has 0 fully saturated rings. The zero-order chi connectivity index (χ0) is 13.5. The van der Waals surface area contributed by atoms with E-state index in [-0.39, 0.29) is 5.56 Å². The van der Waals surface area contributed by atoms with Crippen LogP contribution in [0.15, 0.2) is 12.1 Å². The first-order chi connectivity index (χ1) is 8.57. The molecule has 0 aliphatic rings. The molecule has 1 rings (SSSR count). The summed E-state index contributed by atoms with van der Waals surface area (Å²) in [6.07, 6.45) is 2.91. The van der Waals surface area contributed by atoms with Crippen LogP contribution in [0.5, 0.6) is 0 Å². The fourth-order valence-electron chi connectivity index (χ4n) is 1.55. The lowest BCUT2D eigenvalue weighted by molar-refractivity contribution is 0.0944. The van der Waals surface area contributed by atoms with E-state index in [0.717, 1.165) is 29.8 Å². The molecule has 1 aromatic rings. The van der Waals surface area contributed by atoms with E-state index in [0.29, 0.717) is 6.54 Å². The topological polar surface area (TPSA) is 29.1 Å². The van der Waals surface area contributed by atoms with Gasteiger partial charge in [0, 0.05) is 6.54 Å². The van der Waals surface area contributed by atoms with Crippen molar-refractivity contribution in [3.63, 3.8) is 0 Å². The van der Waals surface area contributed by atoms with E-state index < -0.39 is 23.1 Å². The lowest BCUT2D eigenvalue weighted by Crippen LogP contribution is -2.26. The van der Waals surface area contributed by atoms with Gasteiger partial charge in [-0.2, -0.15) is 0 Å². The minimum Gasteiger partial charge on any atom is -0.352 e. The van der Waals surface area contributed by atoms with Crippen LogP contribution in [-0.4, -0.2) is 16.9 Å². The van der Waals surface area contributed by atoms with E-state index in [4.69, 9.17) is 0 Å². The Balaban J connectivity index is 2.59. The smallest absolute Gasteiger partial charge is 0.257 e. The first kappa shape index (κ1) is 15.3. The number of carbonyl (C=O) groups excluding carboxylic acids is 1. The Morgan fingerprint density at radius 3 is 2.67 bits per heavy atom. The minimum atomic E-state index is -0.817. The Bertz CT molecular complexity index is 424. The summed E-state index contributed by atoms with van der Waals surface area (Å²) in [4.78, 5) is 11.7. The third-order valence-electron chi connectivity index (χ3n) is 2.61. The molecule has 1 amide bonds. The number of alkyl halides is 1. The van der Waals surface area contributed by atoms with E-state index in [1.165, 1.54) is 13.0 Å². The first-order valence-corrected chi connectivity index (χ1v) is 7.39. The van der Waals surface area contributed by atoms with Crippen molar-refractivity contribution in [3.8, 4) is 0 Å². The second kappa shape index (κ2) is 7.66. The van der Waals surface area contributed by atoms with E-state index in [1.54, 1.807) is 0 Å². The fourth-order valence-corrected chi connectivity index (χ4v) is 2.09. The summed E-state index contributed by atoms with van der Waals surface area (Å²) in [5.74, 6) is -2.27. The molecule has 0 saturated heterocycles. The Kier molecular flexibility index (Phi) is 6.52. The first-order valence-electron chi connectivity index (χ1n) is 5.86. The number of benzene rings is 1. The molecule has 0 saturated carbocycles. The zero-order valence-electron chi connectivity index (χ0n) is 10.2. The average Bonchev–Trinajstić information content (AvgIpc) is 2.34. The number of halogens is 3. The van der Waals surface area contributed by atoms with E-state index in [2.05, 4.69) is 27.9 Å². The van der Waals surface area contributed by atoms with E-state index in [1.807, 2.05) is 0 Å². The van der Waals surface area contributed by atoms with Gasteiger partial charge in [-0.25, -0.2) is 8.78 Å². The van der Waals surface area contributed by atoms with Crippen molar-refractivity contribution < 1.29 is 13.6 Å². The lowest BCUT2D eigenvalue weighted by atomic mass is 10.1. The summed E-state index contributed by atoms with van der Waals surface area (Å²) in [5.41, 5.74) is -0.213. The number of amides is 1. The molecule has 0 bridgehead atoms. The van der Waals surface area contributed by atoms with Gasteiger partial charge in [-0.05, 0) is 35.8 Å². The number of hydrogen-bond acceptors (Lipinski definition) is 1. The van der Waals surface area contributed by atoms with Crippen LogP contribution < -0.4 is 5.32 Å². The third-order valence-corrected chi connectivity index (χ3v) is 3.37. The summed E-state index contributed by atoms with van der Waals surface area (Å²) < 4.78 is 28.1. The van der Waals surface area contributed by atoms with Crippen molar-refractivity contribution >= 4 is 28.5 Å². The maximum atomic E-state index is 13.6. The number of carbonyl (C=O) groups is 1. The molecular weight excluding hydrogens is 351 g/mol. The molecule has 0 aliphatic carbocycles. The predicted octanol–water partition coefficient (Wildman–Crippen LogP) is 3.61. The van der Waals surface area contributed by atoms with Crippen LogP contribution in [0.25, 0.3) is 0 Å². The maximum Gasteiger partial charge on any atom is 0.257 e. The number of rotatable bonds is 6. The highest BCUT2D eigenvalue weighted by molar-refractivity contribution is 14.1. The molecule has 0 aromatic heterocycles. The van der Waals surface area contributed by atoms with Crippen LogP contribution in [0.2, 0.25) is 0 Å². The summed E-state index contributed by atoms with van der Waals surface area (Å²) >= 11 is 2.29. The summed E-state index contributed by atoms with van der Waals surface area (Å²) in [7, 11) is 0. The van der Waals surface area contributed by atoms with Gasteiger partial charge in [0.15, 0.2) is 0 Å². The zero-order valence-corrected chi connectivity index (χ0v) is 12.4. The van der Waals surface area contributed by atoms with Crippen molar-refractivity contribution in [1.82, 2.24) is 5.32 Å². The van der Waals surface area contributed by atoms with Crippen molar-refractivity contribution in [3.05, 3.63) is 34.9 Å². The maximum absolute atomic E-state index is 13.6. The molecule has 1 aromatic carbocycles. The molecular formula is C13H16F2INO. The highest BCUT2D eigenvalue weighted by Gasteiger charge is 2.18. The van der Waals surface area contributed by atoms with Crippen LogP contribution in [0.3, 0.4) is 0 Å². The summed E-state index contributed by atoms with van der Waals surface area (Å²) in [5, 5.41) is 2.55. The molecule has 100 valence electrons. The molecule has 2 nitrogen and oxygen atoms in total. The van der Waals surface area contributed by atoms with Gasteiger partial charge in [0.25, 0.3) is 5.91 Å². The lowest BCUT2D eigenvalue weighted by Gasteiger charge is -2.08. The molecule has 1 N–H and O–H groups in total. The van der Waals surface area contributed by atoms with Gasteiger partial charge in [-0.15, -0.1) is 0 Å². The van der Waals surface area contributed by atoms with Crippen molar-refractivity contribution in [2.24, 2.45) is 0 Å². The van der Waals surface area contributed by atoms with E-state index >= 15 is 0 Å². The summed E-state index contributed by atoms with van der Waals surface area (Å²) in [6, 6.07) is 2.44. The predicted molar refractivity (Wildman–Crippen MR) is 76.2 cm³/mol. The van der Waals surface area contributed by atoms with Gasteiger partial charge in [0.05, 0.1) is 0 Å². The van der Waals surface area contributed by atoms with Gasteiger partial charge in [0.2, 0.25) is 0 Å². The number of hydrogen-bond donors (Lipinski definition) is 1. The Labute approximate surface area is 119 Å². The van der Waals surface area contributed by atoms with Crippen LogP contribution in [0.4, 0.5) is 8.78 Å². The molecule has 0 unspecified atom stereocenters. The van der Waals surface area contributed by atoms with Crippen LogP contribution in [0, 0.1) is 18.6 Å². The molecule has 18 heavy (non-hydrogen) atoms. The Morgan fingerprint density at radius 1 is 1.28 bits per heavy atom. The van der Waals surface area contributed by atoms with Gasteiger partial charge in [-0.3, -0.25) is 4.79 Å². The highest BCUT2D eigenvalue weighted by atomic mass is 127. The minimum absolute atomic E-state index is 0.270. The molecule has 0 aliphatic heterocycles. The molecule has 0 atom stereocenters. The van der Waals surface area contributed by atoms with Gasteiger partial charge >= 0.3 is 0 Å². The quantitative estimate of drug-likeness (QED) is 0.465. The standard InChI is InChI=1S/C13H16F2INO/c1-9-5-6-10(14)11(12(9)15)13(18)17-8-4-2-3-7-16/h5-6H,2-4,7-8H2,1H3,(H,17,18). The van der Waals surface area contributed by atoms with Gasteiger partial charge in [0.1, 0.15) is 17.2 Å². The number of nitrogens with one attached hydrogen (secondary N) is 1. The monoisotopic (exact) mass is 367 g/mol. The number of aryl methyl sites for hydroxylation is 1. The highest BCUT2D eigenvalue weighted by Crippen LogP contribution is 2.16. The fraction of sp³-hybridized carbons (Fsp3) is 0.462. The average molecular weight is 367 g/mol. The Hall–Kier alpha value is -0.720. The van der Waals surface area contributed by atoms with Crippen LogP contribution in [0.1, 0.15) is 35.2 Å². The van der Waals surface area contributed by atoms with Crippen molar-refractivity contribution in [2.45, 2.75) is 26.2 Å². The second-order valence-electron chi connectivity index (χ2n) is 4.06. The molecule has 0 radical (unpaired) electrons. The van der Waals surface area contributed by atoms with Crippen LogP contribution in [-0.2, 0) is 0 Å². The molecule has 0 spiro atoms. The second-order valence-corrected chi connectivity index (χ2v) is 5.14. The van der Waals surface area contributed by atoms with Gasteiger partial charge < -0.3 is 5.32 Å². The van der Waals surface area contributed by atoms with E-state index in [9.17, 15) is 13.6 Å².